The van der Waals surface area contributed by atoms with Crippen LogP contribution in [-0.2, 0) is 28.4 Å². The molecule has 0 spiro atoms. The molecule has 4 atom stereocenters. The van der Waals surface area contributed by atoms with Crippen LogP contribution in [0.2, 0.25) is 0 Å². The van der Waals surface area contributed by atoms with Gasteiger partial charge in [-0.3, -0.25) is 0 Å². The Kier molecular flexibility index (Phi) is 13.1. The van der Waals surface area contributed by atoms with E-state index in [4.69, 9.17) is 28.4 Å². The molecule has 0 bridgehead atoms. The first-order valence-electron chi connectivity index (χ1n) is 15.8. The molecule has 0 aromatic heterocycles. The highest BCUT2D eigenvalue weighted by molar-refractivity contribution is 4.96. The van der Waals surface area contributed by atoms with Crippen LogP contribution >= 0.6 is 0 Å². The lowest BCUT2D eigenvalue weighted by Gasteiger charge is -2.51. The fraction of sp³-hybridized carbons (Fsp3) is 1.00. The Labute approximate surface area is 255 Å². The van der Waals surface area contributed by atoms with Crippen LogP contribution in [0.15, 0.2) is 0 Å². The van der Waals surface area contributed by atoms with Gasteiger partial charge in [0, 0.05) is 5.41 Å². The van der Waals surface area contributed by atoms with Crippen molar-refractivity contribution in [2.24, 2.45) is 21.7 Å². The van der Waals surface area contributed by atoms with Crippen LogP contribution in [0, 0.1) is 21.7 Å². The Morgan fingerprint density at radius 3 is 1.32 bits per heavy atom. The standard InChI is InChI=1S/2C12H24O2.C11H22O2/c1-10(2,3)12(7-13-8-12)9-14-11(4,5)6;1-11(2,3)7-9-10(8-13-9)14-12(4,5)6;1-10(2,3)9-8(7-12-9)13-11(4,5)6/h7-9H2,1-6H3;9-10H,7-8H2,1-6H3;8-9H,7H2,1-6H3. The molecule has 3 aliphatic rings. The summed E-state index contributed by atoms with van der Waals surface area (Å²) in [5, 5.41) is 0. The maximum absolute atomic E-state index is 5.91. The van der Waals surface area contributed by atoms with E-state index < -0.39 is 0 Å². The maximum Gasteiger partial charge on any atom is 0.108 e. The van der Waals surface area contributed by atoms with E-state index in [9.17, 15) is 0 Å². The zero-order valence-corrected chi connectivity index (χ0v) is 30.5. The second kappa shape index (κ2) is 13.8. The number of hydrogen-bond acceptors (Lipinski definition) is 6. The summed E-state index contributed by atoms with van der Waals surface area (Å²) >= 11 is 0. The normalized spacial score (nSPS) is 26.8. The Hall–Kier alpha value is -0.240. The first-order valence-corrected chi connectivity index (χ1v) is 15.8. The summed E-state index contributed by atoms with van der Waals surface area (Å²) in [5.41, 5.74) is 0.839. The van der Waals surface area contributed by atoms with Gasteiger partial charge in [-0.25, -0.2) is 0 Å². The van der Waals surface area contributed by atoms with Gasteiger partial charge in [0.05, 0.1) is 62.0 Å². The van der Waals surface area contributed by atoms with Crippen LogP contribution in [-0.4, -0.2) is 74.3 Å². The minimum Gasteiger partial charge on any atom is -0.380 e. The Balaban J connectivity index is 0.000000308. The maximum atomic E-state index is 5.91. The molecule has 0 N–H and O–H groups in total. The van der Waals surface area contributed by atoms with Gasteiger partial charge in [-0.2, -0.15) is 0 Å². The first-order chi connectivity index (χ1) is 18.0. The van der Waals surface area contributed by atoms with Gasteiger partial charge < -0.3 is 28.4 Å². The van der Waals surface area contributed by atoms with Crippen LogP contribution in [0.4, 0.5) is 0 Å². The van der Waals surface area contributed by atoms with E-state index in [2.05, 4.69) is 125 Å². The second-order valence-corrected chi connectivity index (χ2v) is 18.7. The summed E-state index contributed by atoms with van der Waals surface area (Å²) in [7, 11) is 0. The number of rotatable bonds is 5. The van der Waals surface area contributed by atoms with Crippen LogP contribution in [0.3, 0.4) is 0 Å². The lowest BCUT2D eigenvalue weighted by molar-refractivity contribution is -0.251. The average Bonchev–Trinajstić information content (AvgIpc) is 2.62. The number of ether oxygens (including phenoxy) is 6. The van der Waals surface area contributed by atoms with Gasteiger partial charge in [-0.05, 0) is 85.0 Å². The van der Waals surface area contributed by atoms with Crippen LogP contribution < -0.4 is 0 Å². The third kappa shape index (κ3) is 14.4. The second-order valence-electron chi connectivity index (χ2n) is 18.7. The molecule has 3 aliphatic heterocycles. The molecule has 3 fully saturated rings. The molecule has 6 heteroatoms. The third-order valence-electron chi connectivity index (χ3n) is 7.47. The topological polar surface area (TPSA) is 55.4 Å². The van der Waals surface area contributed by atoms with Gasteiger partial charge in [-0.1, -0.05) is 62.3 Å². The van der Waals surface area contributed by atoms with Gasteiger partial charge in [0.15, 0.2) is 0 Å². The van der Waals surface area contributed by atoms with E-state index in [1.807, 2.05) is 0 Å². The van der Waals surface area contributed by atoms with Gasteiger partial charge in [-0.15, -0.1) is 0 Å². The van der Waals surface area contributed by atoms with Gasteiger partial charge in [0.25, 0.3) is 0 Å². The summed E-state index contributed by atoms with van der Waals surface area (Å²) in [6.07, 6.45) is 2.21. The lowest BCUT2D eigenvalue weighted by Crippen LogP contribution is -2.55. The highest BCUT2D eigenvalue weighted by Gasteiger charge is 2.49. The van der Waals surface area contributed by atoms with Gasteiger partial charge >= 0.3 is 0 Å². The molecule has 0 saturated carbocycles. The minimum atomic E-state index is -0.0576. The summed E-state index contributed by atoms with van der Waals surface area (Å²) in [6.45, 7) is 42.9. The van der Waals surface area contributed by atoms with Crippen LogP contribution in [0.5, 0.6) is 0 Å². The van der Waals surface area contributed by atoms with E-state index in [1.165, 1.54) is 0 Å². The van der Waals surface area contributed by atoms with E-state index in [1.54, 1.807) is 0 Å². The first kappa shape index (κ1) is 38.8. The average molecular weight is 587 g/mol. The summed E-state index contributed by atoms with van der Waals surface area (Å²) in [5.74, 6) is 0. The van der Waals surface area contributed by atoms with Crippen LogP contribution in [0.25, 0.3) is 0 Å². The van der Waals surface area contributed by atoms with E-state index in [-0.39, 0.29) is 45.3 Å². The predicted octanol–water partition coefficient (Wildman–Crippen LogP) is 8.48. The molecule has 6 nitrogen and oxygen atoms in total. The third-order valence-corrected chi connectivity index (χ3v) is 7.47. The molecule has 3 saturated heterocycles. The molecule has 0 radical (unpaired) electrons. The zero-order chi connectivity index (χ0) is 32.3. The summed E-state index contributed by atoms with van der Waals surface area (Å²) in [6, 6.07) is 0. The molecule has 0 aliphatic carbocycles. The summed E-state index contributed by atoms with van der Waals surface area (Å²) in [4.78, 5) is 0. The van der Waals surface area contributed by atoms with Crippen molar-refractivity contribution in [3.05, 3.63) is 0 Å². The Morgan fingerprint density at radius 1 is 0.610 bits per heavy atom. The minimum absolute atomic E-state index is 0.0478. The fourth-order valence-electron chi connectivity index (χ4n) is 4.73. The molecular weight excluding hydrogens is 516 g/mol. The predicted molar refractivity (Wildman–Crippen MR) is 171 cm³/mol. The molecule has 0 aromatic rings. The summed E-state index contributed by atoms with van der Waals surface area (Å²) < 4.78 is 34.1. The van der Waals surface area contributed by atoms with Crippen molar-refractivity contribution >= 4 is 0 Å². The van der Waals surface area contributed by atoms with E-state index in [0.717, 1.165) is 39.5 Å². The molecule has 246 valence electrons. The van der Waals surface area contributed by atoms with Crippen molar-refractivity contribution in [3.8, 4) is 0 Å². The molecular formula is C35H70O6. The fourth-order valence-corrected chi connectivity index (χ4v) is 4.73. The zero-order valence-electron chi connectivity index (χ0n) is 30.5. The number of hydrogen-bond donors (Lipinski definition) is 0. The molecule has 3 heterocycles. The van der Waals surface area contributed by atoms with Crippen molar-refractivity contribution in [2.75, 3.05) is 33.0 Å². The lowest BCUT2D eigenvalue weighted by atomic mass is 9.65. The molecule has 0 amide bonds. The highest BCUT2D eigenvalue weighted by atomic mass is 16.6. The van der Waals surface area contributed by atoms with E-state index in [0.29, 0.717) is 17.6 Å². The molecule has 0 aromatic carbocycles. The smallest absolute Gasteiger partial charge is 0.108 e. The van der Waals surface area contributed by atoms with Gasteiger partial charge in [0.2, 0.25) is 0 Å². The Morgan fingerprint density at radius 2 is 1.07 bits per heavy atom. The van der Waals surface area contributed by atoms with Crippen LogP contribution in [0.1, 0.15) is 131 Å². The van der Waals surface area contributed by atoms with Crippen molar-refractivity contribution in [1.29, 1.82) is 0 Å². The highest BCUT2D eigenvalue weighted by Crippen LogP contribution is 2.45. The Bertz CT molecular complexity index is 737. The van der Waals surface area contributed by atoms with Crippen molar-refractivity contribution in [3.63, 3.8) is 0 Å². The van der Waals surface area contributed by atoms with Crippen molar-refractivity contribution < 1.29 is 28.4 Å². The molecule has 41 heavy (non-hydrogen) atoms. The molecule has 3 rings (SSSR count). The quantitative estimate of drug-likeness (QED) is 0.322. The molecule has 4 unspecified atom stereocenters. The largest absolute Gasteiger partial charge is 0.380 e. The van der Waals surface area contributed by atoms with Crippen molar-refractivity contribution in [1.82, 2.24) is 0 Å². The van der Waals surface area contributed by atoms with Crippen molar-refractivity contribution in [2.45, 2.75) is 172 Å². The SMILES string of the molecule is CC(C)(C)CC1OCC1OC(C)(C)C.CC(C)(C)OC1COC1C(C)(C)C.CC(C)(C)OCC1(C(C)(C)C)COC1. The van der Waals surface area contributed by atoms with Gasteiger partial charge in [0.1, 0.15) is 12.2 Å². The van der Waals surface area contributed by atoms with E-state index >= 15 is 0 Å². The monoisotopic (exact) mass is 587 g/mol.